The number of benzene rings is 1. The number of hydrogen-bond acceptors (Lipinski definition) is 4. The molecule has 2 atom stereocenters. The first kappa shape index (κ1) is 17.9. The summed E-state index contributed by atoms with van der Waals surface area (Å²) in [4.78, 5) is 16.0. The maximum atomic E-state index is 12.9. The molecule has 1 aromatic carbocycles. The van der Waals surface area contributed by atoms with Crippen LogP contribution in [0.15, 0.2) is 24.3 Å². The van der Waals surface area contributed by atoms with Crippen molar-refractivity contribution in [1.82, 2.24) is 9.80 Å². The molecule has 0 radical (unpaired) electrons. The molecule has 1 aliphatic heterocycles. The van der Waals surface area contributed by atoms with Gasteiger partial charge in [-0.3, -0.25) is 9.69 Å². The fourth-order valence-corrected chi connectivity index (χ4v) is 4.53. The summed E-state index contributed by atoms with van der Waals surface area (Å²) < 4.78 is 36.1. The summed E-state index contributed by atoms with van der Waals surface area (Å²) in [6.07, 6.45) is 0.499. The quantitative estimate of drug-likeness (QED) is 0.809. The van der Waals surface area contributed by atoms with Gasteiger partial charge in [-0.1, -0.05) is 12.1 Å². The van der Waals surface area contributed by atoms with Gasteiger partial charge in [-0.05, 0) is 38.1 Å². The third kappa shape index (κ3) is 4.51. The van der Waals surface area contributed by atoms with E-state index in [1.165, 1.54) is 12.1 Å². The van der Waals surface area contributed by atoms with E-state index < -0.39 is 9.84 Å². The molecule has 0 unspecified atom stereocenters. The molecule has 0 saturated carbocycles. The van der Waals surface area contributed by atoms with Gasteiger partial charge in [-0.15, -0.1) is 0 Å². The van der Waals surface area contributed by atoms with E-state index in [0.29, 0.717) is 13.0 Å². The first-order chi connectivity index (χ1) is 10.7. The van der Waals surface area contributed by atoms with E-state index in [9.17, 15) is 17.6 Å². The van der Waals surface area contributed by atoms with Crippen LogP contribution in [-0.2, 0) is 21.2 Å². The van der Waals surface area contributed by atoms with Crippen molar-refractivity contribution in [3.05, 3.63) is 35.6 Å². The largest absolute Gasteiger partial charge is 0.340 e. The first-order valence-corrected chi connectivity index (χ1v) is 9.43. The fourth-order valence-electron chi connectivity index (χ4n) is 2.76. The van der Waals surface area contributed by atoms with Crippen LogP contribution in [0.2, 0.25) is 0 Å². The molecule has 5 nitrogen and oxygen atoms in total. The normalized spacial score (nSPS) is 21.3. The van der Waals surface area contributed by atoms with Gasteiger partial charge >= 0.3 is 0 Å². The predicted molar refractivity (Wildman–Crippen MR) is 87.2 cm³/mol. The van der Waals surface area contributed by atoms with E-state index in [4.69, 9.17) is 0 Å². The van der Waals surface area contributed by atoms with Crippen molar-refractivity contribution in [3.63, 3.8) is 0 Å². The number of likely N-dealkylation sites (N-methyl/N-ethyl adjacent to an activating group) is 2. The highest BCUT2D eigenvalue weighted by Crippen LogP contribution is 2.18. The number of carbonyl (C=O) groups is 1. The molecule has 0 aromatic heterocycles. The van der Waals surface area contributed by atoms with Gasteiger partial charge in [-0.25, -0.2) is 12.8 Å². The molecule has 128 valence electrons. The molecule has 1 aromatic rings. The summed E-state index contributed by atoms with van der Waals surface area (Å²) >= 11 is 0. The fraction of sp³-hybridized carbons (Fsp3) is 0.562. The molecule has 1 fully saturated rings. The maximum absolute atomic E-state index is 12.9. The number of carbonyl (C=O) groups excluding carboxylic acids is 1. The highest BCUT2D eigenvalue weighted by molar-refractivity contribution is 7.91. The molecular formula is C16H23FN2O3S. The first-order valence-electron chi connectivity index (χ1n) is 7.61. The highest BCUT2D eigenvalue weighted by atomic mass is 32.2. The summed E-state index contributed by atoms with van der Waals surface area (Å²) in [6.45, 7) is 2.32. The average molecular weight is 342 g/mol. The van der Waals surface area contributed by atoms with Gasteiger partial charge in [0, 0.05) is 19.6 Å². The topological polar surface area (TPSA) is 57.7 Å². The maximum Gasteiger partial charge on any atom is 0.239 e. The van der Waals surface area contributed by atoms with Gasteiger partial charge in [0.15, 0.2) is 9.84 Å². The number of rotatable bonds is 5. The van der Waals surface area contributed by atoms with Crippen LogP contribution in [0.25, 0.3) is 0 Å². The molecule has 23 heavy (non-hydrogen) atoms. The van der Waals surface area contributed by atoms with Crippen LogP contribution >= 0.6 is 0 Å². The highest BCUT2D eigenvalue weighted by Gasteiger charge is 2.34. The summed E-state index contributed by atoms with van der Waals surface area (Å²) in [6, 6.07) is 5.55. The molecule has 0 spiro atoms. The molecular weight excluding hydrogens is 319 g/mol. The second-order valence-corrected chi connectivity index (χ2v) is 8.45. The molecule has 0 N–H and O–H groups in total. The lowest BCUT2D eigenvalue weighted by Gasteiger charge is -2.31. The zero-order chi connectivity index (χ0) is 17.2. The van der Waals surface area contributed by atoms with Crippen LogP contribution in [0.5, 0.6) is 0 Å². The Balaban J connectivity index is 1.96. The van der Waals surface area contributed by atoms with Crippen LogP contribution in [0.3, 0.4) is 0 Å². The van der Waals surface area contributed by atoms with Gasteiger partial charge in [0.25, 0.3) is 0 Å². The third-order valence-electron chi connectivity index (χ3n) is 4.47. The summed E-state index contributed by atoms with van der Waals surface area (Å²) in [5.41, 5.74) is 0.916. The Labute approximate surface area is 137 Å². The van der Waals surface area contributed by atoms with E-state index in [1.807, 2.05) is 11.9 Å². The van der Waals surface area contributed by atoms with Crippen LogP contribution in [-0.4, -0.2) is 61.8 Å². The number of sulfone groups is 1. The van der Waals surface area contributed by atoms with Gasteiger partial charge in [0.1, 0.15) is 5.82 Å². The minimum Gasteiger partial charge on any atom is -0.340 e. The van der Waals surface area contributed by atoms with Crippen molar-refractivity contribution in [3.8, 4) is 0 Å². The Kier molecular flexibility index (Phi) is 5.41. The smallest absolute Gasteiger partial charge is 0.239 e. The second kappa shape index (κ2) is 6.97. The summed E-state index contributed by atoms with van der Waals surface area (Å²) in [5.74, 6) is -0.196. The van der Waals surface area contributed by atoms with Gasteiger partial charge < -0.3 is 4.90 Å². The van der Waals surface area contributed by atoms with E-state index >= 15 is 0 Å². The van der Waals surface area contributed by atoms with Crippen molar-refractivity contribution >= 4 is 15.7 Å². The number of nitrogens with zero attached hydrogens (tertiary/aromatic N) is 2. The molecule has 1 saturated heterocycles. The van der Waals surface area contributed by atoms with Crippen molar-refractivity contribution in [2.75, 3.05) is 25.6 Å². The van der Waals surface area contributed by atoms with Crippen LogP contribution in [0.1, 0.15) is 18.9 Å². The van der Waals surface area contributed by atoms with Gasteiger partial charge in [0.2, 0.25) is 5.91 Å². The Morgan fingerprint density at radius 2 is 1.91 bits per heavy atom. The summed E-state index contributed by atoms with van der Waals surface area (Å²) in [5, 5.41) is 0. The zero-order valence-corrected chi connectivity index (χ0v) is 14.5. The minimum absolute atomic E-state index is 0.0453. The molecule has 1 amide bonds. The molecule has 2 rings (SSSR count). The lowest BCUT2D eigenvalue weighted by Crippen LogP contribution is -2.48. The Hall–Kier alpha value is -1.47. The lowest BCUT2D eigenvalue weighted by atomic mass is 10.1. The molecule has 0 bridgehead atoms. The van der Waals surface area contributed by atoms with Crippen LogP contribution in [0, 0.1) is 5.82 Å². The van der Waals surface area contributed by atoms with Crippen molar-refractivity contribution in [2.45, 2.75) is 32.0 Å². The number of halogens is 1. The predicted octanol–water partition coefficient (Wildman–Crippen LogP) is 1.29. The Morgan fingerprint density at radius 3 is 2.43 bits per heavy atom. The number of hydrogen-bond donors (Lipinski definition) is 0. The van der Waals surface area contributed by atoms with Gasteiger partial charge in [0.05, 0.1) is 17.5 Å². The second-order valence-electron chi connectivity index (χ2n) is 6.22. The standard InChI is InChI=1S/C16H23FN2O3S/c1-12(18(2)10-13-4-6-14(17)7-5-13)16(20)19(3)15-8-9-23(21,22)11-15/h4-7,12,15H,8-11H2,1-3H3/t12-,15-/m0/s1. The third-order valence-corrected chi connectivity index (χ3v) is 6.22. The Bertz CT molecular complexity index is 660. The van der Waals surface area contributed by atoms with Crippen LogP contribution < -0.4 is 0 Å². The molecule has 7 heteroatoms. The van der Waals surface area contributed by atoms with Crippen molar-refractivity contribution in [2.24, 2.45) is 0 Å². The van der Waals surface area contributed by atoms with E-state index in [0.717, 1.165) is 5.56 Å². The molecule has 1 aliphatic rings. The van der Waals surface area contributed by atoms with Gasteiger partial charge in [-0.2, -0.15) is 0 Å². The van der Waals surface area contributed by atoms with Crippen LogP contribution in [0.4, 0.5) is 4.39 Å². The average Bonchev–Trinajstić information content (AvgIpc) is 2.87. The minimum atomic E-state index is -3.02. The van der Waals surface area contributed by atoms with Crippen molar-refractivity contribution < 1.29 is 17.6 Å². The summed E-state index contributed by atoms with van der Waals surface area (Å²) in [7, 11) is 0.472. The molecule has 0 aliphatic carbocycles. The zero-order valence-electron chi connectivity index (χ0n) is 13.7. The SMILES string of the molecule is C[C@@H](C(=O)N(C)[C@H]1CCS(=O)(=O)C1)N(C)Cc1ccc(F)cc1. The van der Waals surface area contributed by atoms with E-state index in [-0.39, 0.29) is 35.3 Å². The monoisotopic (exact) mass is 342 g/mol. The van der Waals surface area contributed by atoms with E-state index in [1.54, 1.807) is 31.0 Å². The lowest BCUT2D eigenvalue weighted by molar-refractivity contribution is -0.136. The molecule has 1 heterocycles. The van der Waals surface area contributed by atoms with E-state index in [2.05, 4.69) is 0 Å². The van der Waals surface area contributed by atoms with Crippen molar-refractivity contribution in [1.29, 1.82) is 0 Å². The number of amides is 1. The Morgan fingerprint density at radius 1 is 1.30 bits per heavy atom.